The Kier molecular flexibility index (Phi) is 2.97. The first kappa shape index (κ1) is 8.19. The molecule has 1 unspecified atom stereocenters. The molecule has 2 N–H and O–H groups in total. The van der Waals surface area contributed by atoms with E-state index in [1.54, 1.807) is 0 Å². The monoisotopic (exact) mass is 124 g/mol. The molecular formula is C7H12N2. The van der Waals surface area contributed by atoms with Crippen LogP contribution in [-0.4, -0.2) is 6.04 Å². The zero-order valence-electron chi connectivity index (χ0n) is 5.89. The van der Waals surface area contributed by atoms with Gasteiger partial charge in [0.2, 0.25) is 0 Å². The highest BCUT2D eigenvalue weighted by molar-refractivity contribution is 5.22. The maximum Gasteiger partial charge on any atom is 0.0957 e. The molecule has 0 radical (unpaired) electrons. The fourth-order valence-electron chi connectivity index (χ4n) is 0.477. The third-order valence-corrected chi connectivity index (χ3v) is 1.26. The zero-order chi connectivity index (χ0) is 7.44. The summed E-state index contributed by atoms with van der Waals surface area (Å²) in [6.07, 6.45) is 0. The lowest BCUT2D eigenvalue weighted by molar-refractivity contribution is 0.559. The molecule has 0 spiro atoms. The molecule has 0 aliphatic heterocycles. The lowest BCUT2D eigenvalue weighted by Crippen LogP contribution is -2.27. The van der Waals surface area contributed by atoms with Crippen molar-refractivity contribution in [3.8, 4) is 6.07 Å². The summed E-state index contributed by atoms with van der Waals surface area (Å²) in [5, 5.41) is 8.32. The predicted octanol–water partition coefficient (Wildman–Crippen LogP) is 1.05. The van der Waals surface area contributed by atoms with Gasteiger partial charge in [0.25, 0.3) is 0 Å². The molecule has 0 saturated heterocycles. The summed E-state index contributed by atoms with van der Waals surface area (Å²) in [7, 11) is 0. The molecule has 1 atom stereocenters. The molecule has 0 amide bonds. The van der Waals surface area contributed by atoms with Gasteiger partial charge in [-0.25, -0.2) is 0 Å². The second-order valence-electron chi connectivity index (χ2n) is 2.41. The third-order valence-electron chi connectivity index (χ3n) is 1.26. The Morgan fingerprint density at radius 3 is 2.22 bits per heavy atom. The molecule has 50 valence electrons. The highest BCUT2D eigenvalue weighted by atomic mass is 14.6. The van der Waals surface area contributed by atoms with E-state index in [-0.39, 0.29) is 6.04 Å². The molecule has 0 saturated carbocycles. The smallest absolute Gasteiger partial charge is 0.0957 e. The van der Waals surface area contributed by atoms with Crippen LogP contribution in [0, 0.1) is 17.2 Å². The Bertz CT molecular complexity index is 141. The van der Waals surface area contributed by atoms with Crippen molar-refractivity contribution in [1.82, 2.24) is 0 Å². The average Bonchev–Trinajstić information content (AvgIpc) is 1.84. The number of hydrogen-bond donors (Lipinski definition) is 1. The van der Waals surface area contributed by atoms with Crippen molar-refractivity contribution >= 4 is 0 Å². The summed E-state index contributed by atoms with van der Waals surface area (Å²) in [6.45, 7) is 7.44. The first-order valence-corrected chi connectivity index (χ1v) is 2.94. The largest absolute Gasteiger partial charge is 0.323 e. The molecule has 2 heteroatoms. The van der Waals surface area contributed by atoms with Gasteiger partial charge >= 0.3 is 0 Å². The van der Waals surface area contributed by atoms with Gasteiger partial charge in [0.15, 0.2) is 0 Å². The van der Waals surface area contributed by atoms with Crippen LogP contribution < -0.4 is 5.73 Å². The molecule has 0 aromatic rings. The normalized spacial score (nSPS) is 12.8. The van der Waals surface area contributed by atoms with E-state index in [4.69, 9.17) is 11.0 Å². The molecule has 0 aromatic carbocycles. The average molecular weight is 124 g/mol. The van der Waals surface area contributed by atoms with Crippen molar-refractivity contribution in [3.63, 3.8) is 0 Å². The van der Waals surface area contributed by atoms with Crippen molar-refractivity contribution in [2.24, 2.45) is 11.7 Å². The van der Waals surface area contributed by atoms with Crippen LogP contribution in [0.3, 0.4) is 0 Å². The topological polar surface area (TPSA) is 49.8 Å². The highest BCUT2D eigenvalue weighted by Crippen LogP contribution is 2.05. The summed E-state index contributed by atoms with van der Waals surface area (Å²) in [6, 6.07) is 1.76. The molecule has 0 aliphatic carbocycles. The van der Waals surface area contributed by atoms with E-state index in [1.807, 2.05) is 19.9 Å². The third kappa shape index (κ3) is 2.29. The van der Waals surface area contributed by atoms with Crippen LogP contribution in [0.2, 0.25) is 0 Å². The summed E-state index contributed by atoms with van der Waals surface area (Å²) in [5.41, 5.74) is 6.01. The van der Waals surface area contributed by atoms with E-state index >= 15 is 0 Å². The minimum absolute atomic E-state index is 0.171. The first-order valence-electron chi connectivity index (χ1n) is 2.94. The molecule has 0 heterocycles. The standard InChI is InChI=1S/C7H12N2/c1-5(2)7(9)6(3)4-8/h5,7H,3,9H2,1-2H3. The van der Waals surface area contributed by atoms with Gasteiger partial charge in [-0.2, -0.15) is 5.26 Å². The molecule has 9 heavy (non-hydrogen) atoms. The van der Waals surface area contributed by atoms with E-state index in [0.29, 0.717) is 11.5 Å². The lowest BCUT2D eigenvalue weighted by atomic mass is 9.99. The number of nitrogens with two attached hydrogens (primary N) is 1. The van der Waals surface area contributed by atoms with Gasteiger partial charge in [-0.05, 0) is 5.92 Å². The Labute approximate surface area is 56.0 Å². The summed E-state index contributed by atoms with van der Waals surface area (Å²) in [5.74, 6) is 0.303. The van der Waals surface area contributed by atoms with Gasteiger partial charge < -0.3 is 5.73 Å². The molecule has 0 aromatic heterocycles. The van der Waals surface area contributed by atoms with Gasteiger partial charge in [-0.1, -0.05) is 20.4 Å². The van der Waals surface area contributed by atoms with Crippen molar-refractivity contribution in [1.29, 1.82) is 5.26 Å². The first-order chi connectivity index (χ1) is 4.09. The number of rotatable bonds is 2. The second-order valence-corrected chi connectivity index (χ2v) is 2.41. The van der Waals surface area contributed by atoms with E-state index in [0.717, 1.165) is 0 Å². The van der Waals surface area contributed by atoms with Crippen LogP contribution >= 0.6 is 0 Å². The number of nitriles is 1. The van der Waals surface area contributed by atoms with Gasteiger partial charge in [0.1, 0.15) is 0 Å². The van der Waals surface area contributed by atoms with Crippen molar-refractivity contribution in [2.75, 3.05) is 0 Å². The fourth-order valence-corrected chi connectivity index (χ4v) is 0.477. The van der Waals surface area contributed by atoms with Gasteiger partial charge in [-0.15, -0.1) is 0 Å². The van der Waals surface area contributed by atoms with Gasteiger partial charge in [0, 0.05) is 11.6 Å². The van der Waals surface area contributed by atoms with Crippen LogP contribution in [0.4, 0.5) is 0 Å². The molecule has 0 fully saturated rings. The van der Waals surface area contributed by atoms with Crippen LogP contribution in [0.1, 0.15) is 13.8 Å². The Morgan fingerprint density at radius 2 is 2.11 bits per heavy atom. The van der Waals surface area contributed by atoms with Crippen LogP contribution in [0.15, 0.2) is 12.2 Å². The van der Waals surface area contributed by atoms with E-state index in [2.05, 4.69) is 6.58 Å². The number of hydrogen-bond acceptors (Lipinski definition) is 2. The van der Waals surface area contributed by atoms with Gasteiger partial charge in [-0.3, -0.25) is 0 Å². The van der Waals surface area contributed by atoms with E-state index < -0.39 is 0 Å². The number of nitrogens with zero attached hydrogens (tertiary/aromatic N) is 1. The van der Waals surface area contributed by atoms with Crippen molar-refractivity contribution in [2.45, 2.75) is 19.9 Å². The maximum atomic E-state index is 8.32. The Balaban J connectivity index is 3.92. The van der Waals surface area contributed by atoms with Crippen LogP contribution in [0.5, 0.6) is 0 Å². The molecule has 0 bridgehead atoms. The maximum absolute atomic E-state index is 8.32. The lowest BCUT2D eigenvalue weighted by Gasteiger charge is -2.12. The summed E-state index contributed by atoms with van der Waals surface area (Å²) >= 11 is 0. The van der Waals surface area contributed by atoms with E-state index in [9.17, 15) is 0 Å². The second kappa shape index (κ2) is 3.26. The highest BCUT2D eigenvalue weighted by Gasteiger charge is 2.09. The Morgan fingerprint density at radius 1 is 1.67 bits per heavy atom. The quantitative estimate of drug-likeness (QED) is 0.559. The van der Waals surface area contributed by atoms with Crippen LogP contribution in [-0.2, 0) is 0 Å². The predicted molar refractivity (Wildman–Crippen MR) is 37.6 cm³/mol. The molecular weight excluding hydrogens is 112 g/mol. The zero-order valence-corrected chi connectivity index (χ0v) is 5.89. The minimum Gasteiger partial charge on any atom is -0.323 e. The van der Waals surface area contributed by atoms with Gasteiger partial charge in [0.05, 0.1) is 6.07 Å². The molecule has 2 nitrogen and oxygen atoms in total. The summed E-state index contributed by atoms with van der Waals surface area (Å²) < 4.78 is 0. The minimum atomic E-state index is -0.171. The van der Waals surface area contributed by atoms with E-state index in [1.165, 1.54) is 0 Å². The Hall–Kier alpha value is -0.810. The van der Waals surface area contributed by atoms with Crippen LogP contribution in [0.25, 0.3) is 0 Å². The van der Waals surface area contributed by atoms with Crippen molar-refractivity contribution < 1.29 is 0 Å². The molecule has 0 rings (SSSR count). The molecule has 0 aliphatic rings. The fraction of sp³-hybridized carbons (Fsp3) is 0.571. The summed E-state index contributed by atoms with van der Waals surface area (Å²) in [4.78, 5) is 0. The van der Waals surface area contributed by atoms with Crippen molar-refractivity contribution in [3.05, 3.63) is 12.2 Å². The SMILES string of the molecule is C=C(C#N)C(N)C(C)C.